The van der Waals surface area contributed by atoms with Crippen molar-refractivity contribution in [3.63, 3.8) is 0 Å². The van der Waals surface area contributed by atoms with Gasteiger partial charge in [0.2, 0.25) is 5.91 Å². The summed E-state index contributed by atoms with van der Waals surface area (Å²) >= 11 is 0. The van der Waals surface area contributed by atoms with Gasteiger partial charge in [-0.2, -0.15) is 0 Å². The number of anilines is 1. The standard InChI is InChI=1S/C18H24N4O3/c1-20-15(17(24)21(2)18(20)25)12-16(23)19-9-11-22-10-5-7-13-6-3-4-8-14(13)22/h3-4,6,8,15H,5,7,9-12H2,1-2H3,(H,19,23). The van der Waals surface area contributed by atoms with Crippen LogP contribution in [0.15, 0.2) is 24.3 Å². The number of carbonyl (C=O) groups excluding carboxylic acids is 3. The number of fused-ring (bicyclic) bond motifs is 1. The first kappa shape index (κ1) is 17.3. The van der Waals surface area contributed by atoms with Crippen LogP contribution in [0.25, 0.3) is 0 Å². The van der Waals surface area contributed by atoms with Crippen LogP contribution in [-0.4, -0.2) is 67.4 Å². The first-order valence-electron chi connectivity index (χ1n) is 8.63. The number of urea groups is 1. The molecule has 0 aliphatic carbocycles. The number of amides is 4. The second-order valence-electron chi connectivity index (χ2n) is 6.58. The van der Waals surface area contributed by atoms with Crippen LogP contribution >= 0.6 is 0 Å². The molecule has 7 heteroatoms. The fourth-order valence-corrected chi connectivity index (χ4v) is 3.50. The molecule has 134 valence electrons. The van der Waals surface area contributed by atoms with E-state index in [9.17, 15) is 14.4 Å². The summed E-state index contributed by atoms with van der Waals surface area (Å²) in [5.41, 5.74) is 2.58. The average molecular weight is 344 g/mol. The minimum atomic E-state index is -0.701. The quantitative estimate of drug-likeness (QED) is 0.804. The van der Waals surface area contributed by atoms with Gasteiger partial charge in [-0.05, 0) is 24.5 Å². The van der Waals surface area contributed by atoms with Crippen LogP contribution in [0.4, 0.5) is 10.5 Å². The van der Waals surface area contributed by atoms with Crippen LogP contribution in [0, 0.1) is 0 Å². The van der Waals surface area contributed by atoms with E-state index >= 15 is 0 Å². The van der Waals surface area contributed by atoms with E-state index in [0.29, 0.717) is 6.54 Å². The molecule has 0 bridgehead atoms. The molecule has 7 nitrogen and oxygen atoms in total. The minimum Gasteiger partial charge on any atom is -0.370 e. The summed E-state index contributed by atoms with van der Waals surface area (Å²) in [5, 5.41) is 2.87. The Balaban J connectivity index is 1.49. The van der Waals surface area contributed by atoms with Crippen LogP contribution in [-0.2, 0) is 16.0 Å². The lowest BCUT2D eigenvalue weighted by molar-refractivity contribution is -0.131. The molecular formula is C18H24N4O3. The van der Waals surface area contributed by atoms with Crippen LogP contribution in [0.5, 0.6) is 0 Å². The van der Waals surface area contributed by atoms with E-state index < -0.39 is 6.04 Å². The zero-order valence-corrected chi connectivity index (χ0v) is 14.7. The Labute approximate surface area is 147 Å². The van der Waals surface area contributed by atoms with E-state index in [-0.39, 0.29) is 24.3 Å². The number of para-hydroxylation sites is 1. The predicted octanol–water partition coefficient (Wildman–Crippen LogP) is 0.838. The van der Waals surface area contributed by atoms with Crippen LogP contribution < -0.4 is 10.2 Å². The number of nitrogens with one attached hydrogen (secondary N) is 1. The lowest BCUT2D eigenvalue weighted by Crippen LogP contribution is -2.41. The zero-order chi connectivity index (χ0) is 18.0. The summed E-state index contributed by atoms with van der Waals surface area (Å²) in [5.74, 6) is -0.536. The number of rotatable bonds is 5. The second kappa shape index (κ2) is 7.13. The van der Waals surface area contributed by atoms with E-state index in [1.54, 1.807) is 7.05 Å². The number of hydrogen-bond donors (Lipinski definition) is 1. The number of imide groups is 1. The molecule has 0 radical (unpaired) electrons. The fraction of sp³-hybridized carbons (Fsp3) is 0.500. The Hall–Kier alpha value is -2.57. The summed E-state index contributed by atoms with van der Waals surface area (Å²) in [4.78, 5) is 40.5. The molecule has 1 aromatic rings. The minimum absolute atomic E-state index is 0.00198. The van der Waals surface area contributed by atoms with Gasteiger partial charge in [0.1, 0.15) is 6.04 Å². The van der Waals surface area contributed by atoms with Crippen molar-refractivity contribution >= 4 is 23.5 Å². The van der Waals surface area contributed by atoms with Crippen molar-refractivity contribution in [2.45, 2.75) is 25.3 Å². The van der Waals surface area contributed by atoms with Gasteiger partial charge in [-0.25, -0.2) is 4.79 Å². The number of carbonyl (C=O) groups is 3. The van der Waals surface area contributed by atoms with E-state index in [0.717, 1.165) is 30.8 Å². The number of hydrogen-bond acceptors (Lipinski definition) is 4. The van der Waals surface area contributed by atoms with Gasteiger partial charge < -0.3 is 15.1 Å². The predicted molar refractivity (Wildman–Crippen MR) is 94.3 cm³/mol. The van der Waals surface area contributed by atoms with Gasteiger partial charge in [-0.15, -0.1) is 0 Å². The Morgan fingerprint density at radius 2 is 2.00 bits per heavy atom. The molecule has 4 amide bonds. The number of likely N-dealkylation sites (N-methyl/N-ethyl adjacent to an activating group) is 2. The largest absolute Gasteiger partial charge is 0.370 e. The third-order valence-corrected chi connectivity index (χ3v) is 4.96. The van der Waals surface area contributed by atoms with Gasteiger partial charge in [0.15, 0.2) is 0 Å². The summed E-state index contributed by atoms with van der Waals surface area (Å²) in [7, 11) is 2.99. The highest BCUT2D eigenvalue weighted by Gasteiger charge is 2.41. The Kier molecular flexibility index (Phi) is 4.92. The first-order valence-corrected chi connectivity index (χ1v) is 8.63. The Bertz CT molecular complexity index is 691. The summed E-state index contributed by atoms with van der Waals surface area (Å²) in [6.07, 6.45) is 2.21. The summed E-state index contributed by atoms with van der Waals surface area (Å²) in [6, 6.07) is 7.28. The van der Waals surface area contributed by atoms with Crippen molar-refractivity contribution in [2.75, 3.05) is 38.6 Å². The molecule has 1 fully saturated rings. The lowest BCUT2D eigenvalue weighted by Gasteiger charge is -2.31. The molecule has 2 aliphatic rings. The molecule has 0 saturated carbocycles. The van der Waals surface area contributed by atoms with Crippen molar-refractivity contribution in [3.8, 4) is 0 Å². The molecule has 1 atom stereocenters. The van der Waals surface area contributed by atoms with Crippen LogP contribution in [0.2, 0.25) is 0 Å². The van der Waals surface area contributed by atoms with E-state index in [4.69, 9.17) is 0 Å². The van der Waals surface area contributed by atoms with E-state index in [1.165, 1.54) is 23.2 Å². The maximum Gasteiger partial charge on any atom is 0.326 e. The number of nitrogens with zero attached hydrogens (tertiary/aromatic N) is 3. The molecule has 1 N–H and O–H groups in total. The van der Waals surface area contributed by atoms with Gasteiger partial charge in [0, 0.05) is 39.4 Å². The molecule has 0 aromatic heterocycles. The van der Waals surface area contributed by atoms with Crippen molar-refractivity contribution in [2.24, 2.45) is 0 Å². The van der Waals surface area contributed by atoms with Crippen LogP contribution in [0.1, 0.15) is 18.4 Å². The lowest BCUT2D eigenvalue weighted by atomic mass is 10.0. The van der Waals surface area contributed by atoms with Gasteiger partial charge in [0.05, 0.1) is 6.42 Å². The topological polar surface area (TPSA) is 73.0 Å². The fourth-order valence-electron chi connectivity index (χ4n) is 3.50. The van der Waals surface area contributed by atoms with E-state index in [1.807, 2.05) is 6.07 Å². The van der Waals surface area contributed by atoms with Gasteiger partial charge in [-0.3, -0.25) is 14.5 Å². The summed E-state index contributed by atoms with van der Waals surface area (Å²) in [6.45, 7) is 2.23. The Morgan fingerprint density at radius 3 is 2.72 bits per heavy atom. The third-order valence-electron chi connectivity index (χ3n) is 4.96. The molecule has 3 rings (SSSR count). The van der Waals surface area contributed by atoms with Crippen LogP contribution in [0.3, 0.4) is 0 Å². The molecular weight excluding hydrogens is 320 g/mol. The SMILES string of the molecule is CN1C(=O)C(CC(=O)NCCN2CCCc3ccccc32)N(C)C1=O. The molecule has 25 heavy (non-hydrogen) atoms. The maximum absolute atomic E-state index is 12.2. The van der Waals surface area contributed by atoms with E-state index in [2.05, 4.69) is 28.4 Å². The maximum atomic E-state index is 12.2. The highest BCUT2D eigenvalue weighted by Crippen LogP contribution is 2.26. The monoisotopic (exact) mass is 344 g/mol. The number of benzene rings is 1. The molecule has 2 heterocycles. The average Bonchev–Trinajstić information content (AvgIpc) is 2.80. The highest BCUT2D eigenvalue weighted by atomic mass is 16.2. The molecule has 1 unspecified atom stereocenters. The Morgan fingerprint density at radius 1 is 1.24 bits per heavy atom. The summed E-state index contributed by atoms with van der Waals surface area (Å²) < 4.78 is 0. The first-order chi connectivity index (χ1) is 12.0. The highest BCUT2D eigenvalue weighted by molar-refractivity contribution is 6.05. The molecule has 2 aliphatic heterocycles. The molecule has 1 saturated heterocycles. The van der Waals surface area contributed by atoms with Crippen molar-refractivity contribution in [1.29, 1.82) is 0 Å². The van der Waals surface area contributed by atoms with Crippen molar-refractivity contribution in [3.05, 3.63) is 29.8 Å². The second-order valence-corrected chi connectivity index (χ2v) is 6.58. The van der Waals surface area contributed by atoms with Gasteiger partial charge in [0.25, 0.3) is 5.91 Å². The van der Waals surface area contributed by atoms with Crippen molar-refractivity contribution in [1.82, 2.24) is 15.1 Å². The normalized spacial score (nSPS) is 20.1. The van der Waals surface area contributed by atoms with Gasteiger partial charge >= 0.3 is 6.03 Å². The van der Waals surface area contributed by atoms with Gasteiger partial charge in [-0.1, -0.05) is 18.2 Å². The smallest absolute Gasteiger partial charge is 0.326 e. The molecule has 0 spiro atoms. The molecule has 1 aromatic carbocycles. The zero-order valence-electron chi connectivity index (χ0n) is 14.7. The third kappa shape index (κ3) is 3.45. The number of aryl methyl sites for hydroxylation is 1. The van der Waals surface area contributed by atoms with Crippen molar-refractivity contribution < 1.29 is 14.4 Å².